The zero-order chi connectivity index (χ0) is 6.91. The minimum absolute atomic E-state index is 0.394. The minimum atomic E-state index is -0.593. The smallest absolute Gasteiger partial charge is 0.0835 e. The van der Waals surface area contributed by atoms with Crippen molar-refractivity contribution >= 4 is 0 Å². The van der Waals surface area contributed by atoms with Gasteiger partial charge in [0.05, 0.1) is 5.60 Å². The standard InChI is InChI=1S/C7H13NO/c1-6-5-7(2,9)3-4-8-6/h3-4,6,8-9H,5H2,1-2H3. The van der Waals surface area contributed by atoms with Gasteiger partial charge in [0.15, 0.2) is 0 Å². The molecule has 2 atom stereocenters. The Morgan fingerprint density at radius 1 is 1.78 bits per heavy atom. The summed E-state index contributed by atoms with van der Waals surface area (Å²) in [5.41, 5.74) is -0.593. The summed E-state index contributed by atoms with van der Waals surface area (Å²) >= 11 is 0. The van der Waals surface area contributed by atoms with Gasteiger partial charge in [-0.05, 0) is 32.5 Å². The molecule has 1 aliphatic rings. The summed E-state index contributed by atoms with van der Waals surface area (Å²) in [7, 11) is 0. The van der Waals surface area contributed by atoms with Crippen LogP contribution < -0.4 is 5.32 Å². The van der Waals surface area contributed by atoms with Crippen LogP contribution in [0.2, 0.25) is 0 Å². The Labute approximate surface area is 55.6 Å². The molecule has 0 aromatic rings. The third-order valence-corrected chi connectivity index (χ3v) is 1.54. The van der Waals surface area contributed by atoms with E-state index in [0.29, 0.717) is 6.04 Å². The quantitative estimate of drug-likeness (QED) is 0.500. The molecular formula is C7H13NO. The second-order valence-electron chi connectivity index (χ2n) is 2.96. The Bertz CT molecular complexity index is 129. The molecule has 0 radical (unpaired) electrons. The lowest BCUT2D eigenvalue weighted by Gasteiger charge is -2.27. The van der Waals surface area contributed by atoms with E-state index in [1.807, 2.05) is 13.1 Å². The van der Waals surface area contributed by atoms with E-state index in [2.05, 4.69) is 12.2 Å². The molecule has 2 unspecified atom stereocenters. The largest absolute Gasteiger partial charge is 0.388 e. The van der Waals surface area contributed by atoms with Crippen LogP contribution >= 0.6 is 0 Å². The van der Waals surface area contributed by atoms with Crippen LogP contribution in [0, 0.1) is 0 Å². The molecule has 2 N–H and O–H groups in total. The first kappa shape index (κ1) is 6.62. The molecule has 0 aromatic carbocycles. The predicted octanol–water partition coefficient (Wildman–Crippen LogP) is 0.633. The fourth-order valence-corrected chi connectivity index (χ4v) is 1.14. The molecule has 2 heteroatoms. The summed E-state index contributed by atoms with van der Waals surface area (Å²) < 4.78 is 0. The fourth-order valence-electron chi connectivity index (χ4n) is 1.14. The van der Waals surface area contributed by atoms with Crippen LogP contribution in [-0.2, 0) is 0 Å². The molecule has 52 valence electrons. The molecule has 1 aliphatic heterocycles. The van der Waals surface area contributed by atoms with Crippen LogP contribution in [0.1, 0.15) is 20.3 Å². The minimum Gasteiger partial charge on any atom is -0.388 e. The van der Waals surface area contributed by atoms with Crippen molar-refractivity contribution in [3.05, 3.63) is 12.3 Å². The summed E-state index contributed by atoms with van der Waals surface area (Å²) in [6, 6.07) is 0.394. The predicted molar refractivity (Wildman–Crippen MR) is 37.0 cm³/mol. The second-order valence-corrected chi connectivity index (χ2v) is 2.96. The Morgan fingerprint density at radius 3 is 2.78 bits per heavy atom. The molecule has 0 fully saturated rings. The van der Waals surface area contributed by atoms with Gasteiger partial charge in [0.1, 0.15) is 0 Å². The first-order valence-electron chi connectivity index (χ1n) is 3.26. The molecule has 0 aromatic heterocycles. The van der Waals surface area contributed by atoms with Crippen molar-refractivity contribution < 1.29 is 5.11 Å². The maximum absolute atomic E-state index is 9.42. The van der Waals surface area contributed by atoms with Crippen molar-refractivity contribution in [3.8, 4) is 0 Å². The average molecular weight is 127 g/mol. The Balaban J connectivity index is 2.60. The van der Waals surface area contributed by atoms with E-state index in [0.717, 1.165) is 6.42 Å². The number of hydrogen-bond donors (Lipinski definition) is 2. The molecule has 0 saturated heterocycles. The van der Waals surface area contributed by atoms with Crippen LogP contribution in [0.3, 0.4) is 0 Å². The molecule has 0 spiro atoms. The summed E-state index contributed by atoms with van der Waals surface area (Å²) in [6.45, 7) is 3.87. The summed E-state index contributed by atoms with van der Waals surface area (Å²) in [4.78, 5) is 0. The normalized spacial score (nSPS) is 42.3. The third kappa shape index (κ3) is 1.72. The average Bonchev–Trinajstić information content (AvgIpc) is 1.60. The van der Waals surface area contributed by atoms with Gasteiger partial charge in [-0.1, -0.05) is 0 Å². The summed E-state index contributed by atoms with van der Waals surface area (Å²) in [6.07, 6.45) is 4.39. The molecule has 0 bridgehead atoms. The zero-order valence-electron chi connectivity index (χ0n) is 5.89. The van der Waals surface area contributed by atoms with Crippen LogP contribution in [0.4, 0.5) is 0 Å². The monoisotopic (exact) mass is 127 g/mol. The van der Waals surface area contributed by atoms with Gasteiger partial charge in [-0.3, -0.25) is 0 Å². The Hall–Kier alpha value is -0.500. The first-order valence-corrected chi connectivity index (χ1v) is 3.26. The van der Waals surface area contributed by atoms with Crippen LogP contribution in [-0.4, -0.2) is 16.7 Å². The van der Waals surface area contributed by atoms with E-state index >= 15 is 0 Å². The van der Waals surface area contributed by atoms with Crippen molar-refractivity contribution in [1.82, 2.24) is 5.32 Å². The van der Waals surface area contributed by atoms with E-state index < -0.39 is 5.60 Å². The van der Waals surface area contributed by atoms with Crippen molar-refractivity contribution in [2.45, 2.75) is 31.9 Å². The maximum Gasteiger partial charge on any atom is 0.0835 e. The highest BCUT2D eigenvalue weighted by Gasteiger charge is 2.22. The maximum atomic E-state index is 9.42. The molecule has 0 amide bonds. The van der Waals surface area contributed by atoms with Gasteiger partial charge in [0.2, 0.25) is 0 Å². The number of nitrogens with one attached hydrogen (secondary N) is 1. The van der Waals surface area contributed by atoms with Crippen molar-refractivity contribution in [3.63, 3.8) is 0 Å². The van der Waals surface area contributed by atoms with E-state index in [1.54, 1.807) is 6.08 Å². The lowest BCUT2D eigenvalue weighted by molar-refractivity contribution is 0.0859. The van der Waals surface area contributed by atoms with Gasteiger partial charge in [-0.25, -0.2) is 0 Å². The molecule has 1 rings (SSSR count). The van der Waals surface area contributed by atoms with E-state index in [1.165, 1.54) is 0 Å². The number of aliphatic hydroxyl groups is 1. The van der Waals surface area contributed by atoms with E-state index in [9.17, 15) is 5.11 Å². The third-order valence-electron chi connectivity index (χ3n) is 1.54. The molecule has 0 saturated carbocycles. The van der Waals surface area contributed by atoms with Gasteiger partial charge in [0, 0.05) is 6.04 Å². The van der Waals surface area contributed by atoms with Crippen LogP contribution in [0.25, 0.3) is 0 Å². The topological polar surface area (TPSA) is 32.3 Å². The molecule has 2 nitrogen and oxygen atoms in total. The SMILES string of the molecule is CC1CC(C)(O)C=CN1. The highest BCUT2D eigenvalue weighted by Crippen LogP contribution is 2.16. The molecule has 0 aliphatic carbocycles. The Morgan fingerprint density at radius 2 is 2.44 bits per heavy atom. The van der Waals surface area contributed by atoms with Crippen molar-refractivity contribution in [2.24, 2.45) is 0 Å². The molecule has 1 heterocycles. The number of hydrogen-bond acceptors (Lipinski definition) is 2. The van der Waals surface area contributed by atoms with Crippen molar-refractivity contribution in [2.75, 3.05) is 0 Å². The summed E-state index contributed by atoms with van der Waals surface area (Å²) in [5.74, 6) is 0. The van der Waals surface area contributed by atoms with Gasteiger partial charge in [-0.2, -0.15) is 0 Å². The zero-order valence-corrected chi connectivity index (χ0v) is 5.89. The lowest BCUT2D eigenvalue weighted by atomic mass is 9.95. The van der Waals surface area contributed by atoms with Gasteiger partial charge < -0.3 is 10.4 Å². The molecule has 9 heavy (non-hydrogen) atoms. The second kappa shape index (κ2) is 2.03. The van der Waals surface area contributed by atoms with Crippen LogP contribution in [0.5, 0.6) is 0 Å². The van der Waals surface area contributed by atoms with Gasteiger partial charge in [0.25, 0.3) is 0 Å². The van der Waals surface area contributed by atoms with Crippen molar-refractivity contribution in [1.29, 1.82) is 0 Å². The first-order chi connectivity index (χ1) is 4.10. The summed E-state index contributed by atoms with van der Waals surface area (Å²) in [5, 5.41) is 12.5. The lowest BCUT2D eigenvalue weighted by Crippen LogP contribution is -2.37. The molecular weight excluding hydrogens is 114 g/mol. The van der Waals surface area contributed by atoms with E-state index in [4.69, 9.17) is 0 Å². The van der Waals surface area contributed by atoms with Crippen LogP contribution in [0.15, 0.2) is 12.3 Å². The van der Waals surface area contributed by atoms with E-state index in [-0.39, 0.29) is 0 Å². The highest BCUT2D eigenvalue weighted by atomic mass is 16.3. The van der Waals surface area contributed by atoms with Gasteiger partial charge in [-0.15, -0.1) is 0 Å². The van der Waals surface area contributed by atoms with Gasteiger partial charge >= 0.3 is 0 Å². The number of rotatable bonds is 0. The fraction of sp³-hybridized carbons (Fsp3) is 0.714. The Kier molecular flexibility index (Phi) is 1.49. The highest BCUT2D eigenvalue weighted by molar-refractivity contribution is 5.03.